The van der Waals surface area contributed by atoms with Crippen LogP contribution in [0.5, 0.6) is 0 Å². The molecule has 0 N–H and O–H groups in total. The molecule has 0 bridgehead atoms. The molecule has 0 saturated heterocycles. The van der Waals surface area contributed by atoms with Gasteiger partial charge in [-0.3, -0.25) is 4.79 Å². The third-order valence-electron chi connectivity index (χ3n) is 3.80. The zero-order chi connectivity index (χ0) is 13.3. The highest BCUT2D eigenvalue weighted by Crippen LogP contribution is 2.25. The van der Waals surface area contributed by atoms with Crippen molar-refractivity contribution >= 4 is 5.78 Å². The molecule has 0 spiro atoms. The molecule has 18 heavy (non-hydrogen) atoms. The Morgan fingerprint density at radius 3 is 2.11 bits per heavy atom. The van der Waals surface area contributed by atoms with Gasteiger partial charge in [0.05, 0.1) is 0 Å². The first kappa shape index (κ1) is 15.5. The molecule has 104 valence electrons. The molecule has 0 aromatic heterocycles. The molecule has 0 aromatic carbocycles. The van der Waals surface area contributed by atoms with Gasteiger partial charge in [0.1, 0.15) is 5.78 Å². The van der Waals surface area contributed by atoms with Crippen molar-refractivity contribution in [3.8, 4) is 0 Å². The fourth-order valence-electron chi connectivity index (χ4n) is 2.70. The van der Waals surface area contributed by atoms with Crippen LogP contribution in [-0.2, 0) is 4.79 Å². The molecule has 0 saturated carbocycles. The topological polar surface area (TPSA) is 17.1 Å². The van der Waals surface area contributed by atoms with E-state index in [9.17, 15) is 4.79 Å². The summed E-state index contributed by atoms with van der Waals surface area (Å²) >= 11 is 0. The summed E-state index contributed by atoms with van der Waals surface area (Å²) in [5, 5.41) is 0. The molecule has 0 radical (unpaired) electrons. The van der Waals surface area contributed by atoms with Gasteiger partial charge in [-0.25, -0.2) is 0 Å². The van der Waals surface area contributed by atoms with E-state index in [4.69, 9.17) is 0 Å². The van der Waals surface area contributed by atoms with Gasteiger partial charge in [0.2, 0.25) is 0 Å². The van der Waals surface area contributed by atoms with E-state index in [0.717, 1.165) is 12.8 Å². The molecule has 0 fully saturated rings. The van der Waals surface area contributed by atoms with Crippen molar-refractivity contribution < 1.29 is 4.79 Å². The molecule has 1 rings (SSSR count). The molecule has 1 aliphatic carbocycles. The van der Waals surface area contributed by atoms with Crippen LogP contribution in [0.15, 0.2) is 12.2 Å². The SMILES string of the molecule is CC1(C)/C=C/CCCCCCCCCCC(=O)C1. The minimum Gasteiger partial charge on any atom is -0.300 e. The third kappa shape index (κ3) is 7.68. The minimum atomic E-state index is 0.0528. The van der Waals surface area contributed by atoms with Crippen molar-refractivity contribution in [3.63, 3.8) is 0 Å². The second kappa shape index (κ2) is 8.50. The van der Waals surface area contributed by atoms with Crippen molar-refractivity contribution in [3.05, 3.63) is 12.2 Å². The Balaban J connectivity index is 2.44. The van der Waals surface area contributed by atoms with Gasteiger partial charge in [-0.05, 0) is 24.7 Å². The Bertz CT molecular complexity index is 263. The van der Waals surface area contributed by atoms with Gasteiger partial charge in [0, 0.05) is 12.8 Å². The van der Waals surface area contributed by atoms with Gasteiger partial charge >= 0.3 is 0 Å². The van der Waals surface area contributed by atoms with Gasteiger partial charge in [0.25, 0.3) is 0 Å². The van der Waals surface area contributed by atoms with E-state index < -0.39 is 0 Å². The maximum atomic E-state index is 11.9. The first-order valence-electron chi connectivity index (χ1n) is 7.80. The van der Waals surface area contributed by atoms with Gasteiger partial charge < -0.3 is 0 Å². The number of carbonyl (C=O) groups excluding carboxylic acids is 1. The molecular weight excluding hydrogens is 220 g/mol. The summed E-state index contributed by atoms with van der Waals surface area (Å²) in [5.74, 6) is 0.444. The average Bonchev–Trinajstić information content (AvgIpc) is 2.29. The fourth-order valence-corrected chi connectivity index (χ4v) is 2.70. The number of rotatable bonds is 0. The predicted molar refractivity (Wildman–Crippen MR) is 78.7 cm³/mol. The summed E-state index contributed by atoms with van der Waals surface area (Å²) in [6.07, 6.45) is 17.7. The van der Waals surface area contributed by atoms with E-state index >= 15 is 0 Å². The molecule has 0 atom stereocenters. The molecule has 0 heterocycles. The Hall–Kier alpha value is -0.590. The monoisotopic (exact) mass is 250 g/mol. The van der Waals surface area contributed by atoms with Crippen LogP contribution >= 0.6 is 0 Å². The quantitative estimate of drug-likeness (QED) is 0.523. The lowest BCUT2D eigenvalue weighted by Gasteiger charge is -2.19. The van der Waals surface area contributed by atoms with Crippen LogP contribution in [0.4, 0.5) is 0 Å². The Morgan fingerprint density at radius 2 is 1.44 bits per heavy atom. The smallest absolute Gasteiger partial charge is 0.133 e. The van der Waals surface area contributed by atoms with E-state index in [1.165, 1.54) is 51.4 Å². The van der Waals surface area contributed by atoms with Gasteiger partial charge in [-0.1, -0.05) is 64.5 Å². The van der Waals surface area contributed by atoms with Crippen molar-refractivity contribution in [2.24, 2.45) is 5.41 Å². The van der Waals surface area contributed by atoms with Crippen LogP contribution in [0.3, 0.4) is 0 Å². The molecule has 0 amide bonds. The van der Waals surface area contributed by atoms with Crippen LogP contribution in [0, 0.1) is 5.41 Å². The van der Waals surface area contributed by atoms with Crippen LogP contribution in [0.1, 0.15) is 84.5 Å². The highest BCUT2D eigenvalue weighted by Gasteiger charge is 2.18. The standard InChI is InChI=1S/C17H30O/c1-17(2)14-12-10-8-6-4-3-5-7-9-11-13-16(18)15-17/h12,14H,3-11,13,15H2,1-2H3/b14-12+. The summed E-state index contributed by atoms with van der Waals surface area (Å²) in [7, 11) is 0. The van der Waals surface area contributed by atoms with Gasteiger partial charge in [-0.15, -0.1) is 0 Å². The van der Waals surface area contributed by atoms with Gasteiger partial charge in [0.15, 0.2) is 0 Å². The second-order valence-corrected chi connectivity index (χ2v) is 6.47. The third-order valence-corrected chi connectivity index (χ3v) is 3.80. The molecule has 1 heteroatoms. The van der Waals surface area contributed by atoms with Crippen LogP contribution in [0.25, 0.3) is 0 Å². The van der Waals surface area contributed by atoms with Gasteiger partial charge in [-0.2, -0.15) is 0 Å². The normalized spacial score (nSPS) is 26.0. The van der Waals surface area contributed by atoms with E-state index in [2.05, 4.69) is 26.0 Å². The Kier molecular flexibility index (Phi) is 7.31. The minimum absolute atomic E-state index is 0.0528. The number of Topliss-reactive ketones (excluding diaryl/α,β-unsaturated/α-hetero) is 1. The molecule has 0 unspecified atom stereocenters. The summed E-state index contributed by atoms with van der Waals surface area (Å²) in [4.78, 5) is 11.9. The number of carbonyl (C=O) groups is 1. The van der Waals surface area contributed by atoms with Crippen molar-refractivity contribution in [1.82, 2.24) is 0 Å². The Labute approximate surface area is 113 Å². The Morgan fingerprint density at radius 1 is 0.889 bits per heavy atom. The molecule has 0 aliphatic heterocycles. The first-order chi connectivity index (χ1) is 8.60. The number of allylic oxidation sites excluding steroid dienone is 2. The largest absolute Gasteiger partial charge is 0.300 e. The van der Waals surface area contributed by atoms with Crippen molar-refractivity contribution in [1.29, 1.82) is 0 Å². The summed E-state index contributed by atoms with van der Waals surface area (Å²) in [6, 6.07) is 0. The number of hydrogen-bond donors (Lipinski definition) is 0. The predicted octanol–water partition coefficient (Wildman–Crippen LogP) is 5.44. The van der Waals surface area contributed by atoms with Crippen LogP contribution < -0.4 is 0 Å². The molecular formula is C17H30O. The fraction of sp³-hybridized carbons (Fsp3) is 0.824. The summed E-state index contributed by atoms with van der Waals surface area (Å²) in [6.45, 7) is 4.36. The second-order valence-electron chi connectivity index (χ2n) is 6.47. The lowest BCUT2D eigenvalue weighted by Crippen LogP contribution is -2.14. The lowest BCUT2D eigenvalue weighted by molar-refractivity contribution is -0.120. The first-order valence-corrected chi connectivity index (χ1v) is 7.80. The average molecular weight is 250 g/mol. The number of ketones is 1. The maximum Gasteiger partial charge on any atom is 0.133 e. The van der Waals surface area contributed by atoms with Crippen molar-refractivity contribution in [2.45, 2.75) is 84.5 Å². The highest BCUT2D eigenvalue weighted by molar-refractivity contribution is 5.79. The number of hydrogen-bond acceptors (Lipinski definition) is 1. The van der Waals surface area contributed by atoms with E-state index in [1.807, 2.05) is 0 Å². The zero-order valence-electron chi connectivity index (χ0n) is 12.3. The van der Waals surface area contributed by atoms with Crippen LogP contribution in [-0.4, -0.2) is 5.78 Å². The van der Waals surface area contributed by atoms with E-state index in [-0.39, 0.29) is 5.41 Å². The molecule has 1 aliphatic rings. The molecule has 0 aromatic rings. The summed E-state index contributed by atoms with van der Waals surface area (Å²) < 4.78 is 0. The molecule has 1 nitrogen and oxygen atoms in total. The highest BCUT2D eigenvalue weighted by atomic mass is 16.1. The maximum absolute atomic E-state index is 11.9. The van der Waals surface area contributed by atoms with E-state index in [0.29, 0.717) is 12.2 Å². The van der Waals surface area contributed by atoms with Crippen molar-refractivity contribution in [2.75, 3.05) is 0 Å². The van der Waals surface area contributed by atoms with Crippen LogP contribution in [0.2, 0.25) is 0 Å². The van der Waals surface area contributed by atoms with E-state index in [1.54, 1.807) is 0 Å². The lowest BCUT2D eigenvalue weighted by atomic mass is 9.85. The summed E-state index contributed by atoms with van der Waals surface area (Å²) in [5.41, 5.74) is 0.0528. The zero-order valence-corrected chi connectivity index (χ0v) is 12.3.